The first kappa shape index (κ1) is 11.3. The Morgan fingerprint density at radius 2 is 2.00 bits per heavy atom. The van der Waals surface area contributed by atoms with Crippen LogP contribution in [-0.4, -0.2) is 5.11 Å². The van der Waals surface area contributed by atoms with Crippen LogP contribution in [0, 0.1) is 6.92 Å². The van der Waals surface area contributed by atoms with E-state index in [4.69, 9.17) is 5.73 Å². The van der Waals surface area contributed by atoms with E-state index < -0.39 is 0 Å². The van der Waals surface area contributed by atoms with Crippen molar-refractivity contribution in [1.29, 1.82) is 0 Å². The monoisotopic (exact) mass is 187 g/mol. The Bertz CT molecular complexity index is 261. The number of phenols is 1. The van der Waals surface area contributed by atoms with Gasteiger partial charge in [0.15, 0.2) is 0 Å². The van der Waals surface area contributed by atoms with Gasteiger partial charge in [-0.15, -0.1) is 12.4 Å². The van der Waals surface area contributed by atoms with Crippen molar-refractivity contribution >= 4 is 12.4 Å². The Morgan fingerprint density at radius 3 is 2.42 bits per heavy atom. The Morgan fingerprint density at radius 1 is 1.42 bits per heavy atom. The van der Waals surface area contributed by atoms with E-state index in [9.17, 15) is 5.11 Å². The normalized spacial score (nSPS) is 11.9. The molecule has 0 aliphatic carbocycles. The first-order valence-corrected chi connectivity index (χ1v) is 3.67. The maximum Gasteiger partial charge on any atom is 0.123 e. The van der Waals surface area contributed by atoms with Gasteiger partial charge in [-0.3, -0.25) is 0 Å². The van der Waals surface area contributed by atoms with Crippen molar-refractivity contribution < 1.29 is 5.11 Å². The molecule has 0 aliphatic rings. The summed E-state index contributed by atoms with van der Waals surface area (Å²) in [6.45, 7) is 3.72. The molecule has 0 heterocycles. The van der Waals surface area contributed by atoms with E-state index in [1.54, 1.807) is 0 Å². The Labute approximate surface area is 78.8 Å². The molecule has 0 aromatic heterocycles. The number of aromatic hydroxyl groups is 1. The molecule has 2 nitrogen and oxygen atoms in total. The molecular formula is C9H14ClNO. The van der Waals surface area contributed by atoms with Crippen LogP contribution in [0.1, 0.15) is 24.1 Å². The zero-order valence-corrected chi connectivity index (χ0v) is 8.06. The summed E-state index contributed by atoms with van der Waals surface area (Å²) >= 11 is 0. The second kappa shape index (κ2) is 4.33. The van der Waals surface area contributed by atoms with E-state index >= 15 is 0 Å². The van der Waals surface area contributed by atoms with Crippen LogP contribution in [0.2, 0.25) is 0 Å². The number of rotatable bonds is 1. The highest BCUT2D eigenvalue weighted by atomic mass is 35.5. The predicted octanol–water partition coefficient (Wildman–Crippen LogP) is 2.14. The van der Waals surface area contributed by atoms with E-state index in [0.29, 0.717) is 5.75 Å². The fourth-order valence-electron chi connectivity index (χ4n) is 1.05. The van der Waals surface area contributed by atoms with Gasteiger partial charge in [-0.1, -0.05) is 18.2 Å². The molecular weight excluding hydrogens is 174 g/mol. The average molecular weight is 188 g/mol. The fourth-order valence-corrected chi connectivity index (χ4v) is 1.05. The molecule has 68 valence electrons. The van der Waals surface area contributed by atoms with Crippen LogP contribution in [0.25, 0.3) is 0 Å². The van der Waals surface area contributed by atoms with Crippen molar-refractivity contribution in [2.45, 2.75) is 19.9 Å². The molecule has 0 fully saturated rings. The highest BCUT2D eigenvalue weighted by Gasteiger charge is 2.06. The van der Waals surface area contributed by atoms with Gasteiger partial charge in [-0.05, 0) is 19.4 Å². The third-order valence-electron chi connectivity index (χ3n) is 1.76. The number of halogens is 1. The minimum absolute atomic E-state index is 0. The Balaban J connectivity index is 0.00000121. The summed E-state index contributed by atoms with van der Waals surface area (Å²) in [4.78, 5) is 0. The van der Waals surface area contributed by atoms with Crippen LogP contribution in [0.15, 0.2) is 18.2 Å². The molecule has 3 heteroatoms. The van der Waals surface area contributed by atoms with Gasteiger partial charge in [0.05, 0.1) is 0 Å². The van der Waals surface area contributed by atoms with E-state index in [0.717, 1.165) is 11.1 Å². The van der Waals surface area contributed by atoms with Crippen molar-refractivity contribution in [3.8, 4) is 5.75 Å². The summed E-state index contributed by atoms with van der Waals surface area (Å²) < 4.78 is 0. The molecule has 1 aromatic carbocycles. The maximum absolute atomic E-state index is 9.49. The summed E-state index contributed by atoms with van der Waals surface area (Å²) in [6.07, 6.45) is 0. The summed E-state index contributed by atoms with van der Waals surface area (Å²) in [7, 11) is 0. The number of hydrogen-bond acceptors (Lipinski definition) is 2. The molecule has 0 saturated carbocycles. The van der Waals surface area contributed by atoms with Gasteiger partial charge in [0.25, 0.3) is 0 Å². The zero-order chi connectivity index (χ0) is 8.43. The quantitative estimate of drug-likeness (QED) is 0.708. The van der Waals surface area contributed by atoms with Crippen LogP contribution in [0.3, 0.4) is 0 Å². The first-order chi connectivity index (χ1) is 5.13. The number of benzene rings is 1. The lowest BCUT2D eigenvalue weighted by atomic mass is 10.1. The average Bonchev–Trinajstić information content (AvgIpc) is 1.94. The Hall–Kier alpha value is -0.730. The van der Waals surface area contributed by atoms with Crippen molar-refractivity contribution in [2.75, 3.05) is 0 Å². The van der Waals surface area contributed by atoms with E-state index in [1.165, 1.54) is 0 Å². The Kier molecular flexibility index (Phi) is 4.07. The van der Waals surface area contributed by atoms with Gasteiger partial charge in [0, 0.05) is 11.6 Å². The second-order valence-corrected chi connectivity index (χ2v) is 2.80. The summed E-state index contributed by atoms with van der Waals surface area (Å²) in [6, 6.07) is 5.50. The van der Waals surface area contributed by atoms with Crippen LogP contribution < -0.4 is 5.73 Å². The number of para-hydroxylation sites is 1. The van der Waals surface area contributed by atoms with Crippen molar-refractivity contribution in [1.82, 2.24) is 0 Å². The second-order valence-electron chi connectivity index (χ2n) is 2.80. The van der Waals surface area contributed by atoms with Gasteiger partial charge >= 0.3 is 0 Å². The van der Waals surface area contributed by atoms with Crippen molar-refractivity contribution in [2.24, 2.45) is 5.73 Å². The summed E-state index contributed by atoms with van der Waals surface area (Å²) in [5.41, 5.74) is 7.31. The van der Waals surface area contributed by atoms with Crippen LogP contribution in [0.5, 0.6) is 5.75 Å². The molecule has 0 amide bonds. The molecule has 12 heavy (non-hydrogen) atoms. The summed E-state index contributed by atoms with van der Waals surface area (Å²) in [5.74, 6) is 0.322. The molecule has 1 aromatic rings. The van der Waals surface area contributed by atoms with Gasteiger partial charge in [-0.25, -0.2) is 0 Å². The minimum atomic E-state index is -0.102. The lowest BCUT2D eigenvalue weighted by Gasteiger charge is -2.09. The van der Waals surface area contributed by atoms with Gasteiger partial charge < -0.3 is 10.8 Å². The maximum atomic E-state index is 9.49. The SMILES string of the molecule is Cc1cccc([C@@H](C)N)c1O.Cl. The van der Waals surface area contributed by atoms with Gasteiger partial charge in [-0.2, -0.15) is 0 Å². The molecule has 0 radical (unpaired) electrons. The third-order valence-corrected chi connectivity index (χ3v) is 1.76. The van der Waals surface area contributed by atoms with Crippen LogP contribution >= 0.6 is 12.4 Å². The number of aryl methyl sites for hydroxylation is 1. The summed E-state index contributed by atoms with van der Waals surface area (Å²) in [5, 5.41) is 9.49. The van der Waals surface area contributed by atoms with Crippen LogP contribution in [-0.2, 0) is 0 Å². The number of hydrogen-bond donors (Lipinski definition) is 2. The van der Waals surface area contributed by atoms with Crippen molar-refractivity contribution in [3.63, 3.8) is 0 Å². The zero-order valence-electron chi connectivity index (χ0n) is 7.24. The molecule has 0 unspecified atom stereocenters. The number of phenolic OH excluding ortho intramolecular Hbond substituents is 1. The molecule has 0 aliphatic heterocycles. The minimum Gasteiger partial charge on any atom is -0.507 e. The van der Waals surface area contributed by atoms with E-state index in [2.05, 4.69) is 0 Å². The van der Waals surface area contributed by atoms with E-state index in [-0.39, 0.29) is 18.4 Å². The largest absolute Gasteiger partial charge is 0.507 e. The highest BCUT2D eigenvalue weighted by Crippen LogP contribution is 2.25. The van der Waals surface area contributed by atoms with Crippen LogP contribution in [0.4, 0.5) is 0 Å². The molecule has 0 saturated heterocycles. The standard InChI is InChI=1S/C9H13NO.ClH/c1-6-4-3-5-8(7(2)10)9(6)11;/h3-5,7,11H,10H2,1-2H3;1H/t7-;/m1./s1. The topological polar surface area (TPSA) is 46.2 Å². The highest BCUT2D eigenvalue weighted by molar-refractivity contribution is 5.85. The first-order valence-electron chi connectivity index (χ1n) is 3.67. The molecule has 3 N–H and O–H groups in total. The third kappa shape index (κ3) is 2.13. The molecule has 0 bridgehead atoms. The number of nitrogens with two attached hydrogens (primary N) is 1. The smallest absolute Gasteiger partial charge is 0.123 e. The molecule has 1 rings (SSSR count). The predicted molar refractivity (Wildman–Crippen MR) is 52.7 cm³/mol. The van der Waals surface area contributed by atoms with E-state index in [1.807, 2.05) is 32.0 Å². The van der Waals surface area contributed by atoms with Gasteiger partial charge in [0.1, 0.15) is 5.75 Å². The molecule has 0 spiro atoms. The van der Waals surface area contributed by atoms with Crippen molar-refractivity contribution in [3.05, 3.63) is 29.3 Å². The van der Waals surface area contributed by atoms with Gasteiger partial charge in [0.2, 0.25) is 0 Å². The molecule has 1 atom stereocenters. The fraction of sp³-hybridized carbons (Fsp3) is 0.333. The lowest BCUT2D eigenvalue weighted by Crippen LogP contribution is -2.05. The lowest BCUT2D eigenvalue weighted by molar-refractivity contribution is 0.459.